The van der Waals surface area contributed by atoms with Gasteiger partial charge in [0, 0.05) is 19.6 Å². The molecule has 0 aliphatic carbocycles. The van der Waals surface area contributed by atoms with Crippen LogP contribution in [-0.4, -0.2) is 39.8 Å². The first-order valence-electron chi connectivity index (χ1n) is 7.52. The molecule has 2 aromatic heterocycles. The molecule has 0 amide bonds. The zero-order valence-corrected chi connectivity index (χ0v) is 13.9. The van der Waals surface area contributed by atoms with Gasteiger partial charge in [0.15, 0.2) is 5.65 Å². The molecule has 0 saturated carbocycles. The Balaban J connectivity index is 2.43. The summed E-state index contributed by atoms with van der Waals surface area (Å²) in [7, 11) is 2.08. The minimum absolute atomic E-state index is 0.159. The van der Waals surface area contributed by atoms with E-state index in [-0.39, 0.29) is 5.41 Å². The summed E-state index contributed by atoms with van der Waals surface area (Å²) in [4.78, 5) is 11.4. The smallest absolute Gasteiger partial charge is 0.226 e. The van der Waals surface area contributed by atoms with Crippen LogP contribution in [0.4, 0.5) is 11.8 Å². The van der Waals surface area contributed by atoms with Gasteiger partial charge in [0.2, 0.25) is 5.95 Å². The number of hydrogen-bond acceptors (Lipinski definition) is 5. The molecule has 1 atom stereocenters. The highest BCUT2D eigenvalue weighted by atomic mass is 15.3. The molecule has 2 aromatic rings. The van der Waals surface area contributed by atoms with Gasteiger partial charge in [0.1, 0.15) is 5.82 Å². The molecular weight excluding hydrogens is 264 g/mol. The van der Waals surface area contributed by atoms with Crippen molar-refractivity contribution in [2.24, 2.45) is 5.41 Å². The number of anilines is 2. The Morgan fingerprint density at radius 2 is 2.05 bits per heavy atom. The summed E-state index contributed by atoms with van der Waals surface area (Å²) in [5, 5.41) is 11.3. The van der Waals surface area contributed by atoms with Crippen LogP contribution in [0.15, 0.2) is 6.20 Å². The average molecular weight is 290 g/mol. The normalized spacial score (nSPS) is 13.4. The molecule has 0 saturated heterocycles. The fourth-order valence-electron chi connectivity index (χ4n) is 2.17. The summed E-state index contributed by atoms with van der Waals surface area (Å²) in [6.45, 7) is 11.9. The van der Waals surface area contributed by atoms with Gasteiger partial charge >= 0.3 is 0 Å². The highest BCUT2D eigenvalue weighted by Gasteiger charge is 2.26. The van der Waals surface area contributed by atoms with Crippen LogP contribution in [0.1, 0.15) is 41.0 Å². The number of H-pyrrole nitrogens is 1. The molecule has 6 heteroatoms. The van der Waals surface area contributed by atoms with Crippen molar-refractivity contribution in [3.63, 3.8) is 0 Å². The number of aromatic amines is 1. The molecule has 0 fully saturated rings. The van der Waals surface area contributed by atoms with E-state index in [1.54, 1.807) is 6.20 Å². The predicted molar refractivity (Wildman–Crippen MR) is 87.8 cm³/mol. The Morgan fingerprint density at radius 1 is 1.33 bits per heavy atom. The van der Waals surface area contributed by atoms with Crippen molar-refractivity contribution < 1.29 is 0 Å². The van der Waals surface area contributed by atoms with Crippen molar-refractivity contribution in [1.29, 1.82) is 0 Å². The van der Waals surface area contributed by atoms with Crippen molar-refractivity contribution in [2.75, 3.05) is 23.8 Å². The van der Waals surface area contributed by atoms with E-state index in [2.05, 4.69) is 72.0 Å². The lowest BCUT2D eigenvalue weighted by molar-refractivity contribution is 0.329. The Labute approximate surface area is 126 Å². The van der Waals surface area contributed by atoms with Crippen LogP contribution >= 0.6 is 0 Å². The summed E-state index contributed by atoms with van der Waals surface area (Å²) in [5.74, 6) is 1.56. The van der Waals surface area contributed by atoms with Crippen molar-refractivity contribution in [3.8, 4) is 0 Å². The summed E-state index contributed by atoms with van der Waals surface area (Å²) in [5.41, 5.74) is 0.929. The van der Waals surface area contributed by atoms with Gasteiger partial charge < -0.3 is 10.2 Å². The predicted octanol–water partition coefficient (Wildman–Crippen LogP) is 3.05. The van der Waals surface area contributed by atoms with Gasteiger partial charge in [-0.15, -0.1) is 0 Å². The second kappa shape index (κ2) is 5.87. The maximum atomic E-state index is 4.69. The summed E-state index contributed by atoms with van der Waals surface area (Å²) >= 11 is 0. The molecule has 0 aliphatic rings. The van der Waals surface area contributed by atoms with E-state index in [4.69, 9.17) is 0 Å². The highest BCUT2D eigenvalue weighted by Crippen LogP contribution is 2.30. The Kier molecular flexibility index (Phi) is 4.34. The molecule has 0 spiro atoms. The average Bonchev–Trinajstić information content (AvgIpc) is 2.89. The number of rotatable bonds is 5. The van der Waals surface area contributed by atoms with Crippen LogP contribution < -0.4 is 10.2 Å². The van der Waals surface area contributed by atoms with Crippen LogP contribution in [0.25, 0.3) is 11.0 Å². The van der Waals surface area contributed by atoms with E-state index in [0.717, 1.165) is 29.8 Å². The lowest BCUT2D eigenvalue weighted by atomic mass is 9.87. The lowest BCUT2D eigenvalue weighted by Gasteiger charge is -2.36. The minimum atomic E-state index is 0.159. The minimum Gasteiger partial charge on any atom is -0.356 e. The summed E-state index contributed by atoms with van der Waals surface area (Å²) in [6.07, 6.45) is 2.83. The number of nitrogens with zero attached hydrogens (tertiary/aromatic N) is 4. The SMILES string of the molecule is CCCNc1nc(N(C)C(C)C(C)(C)C)c2cn[nH]c2n1. The maximum Gasteiger partial charge on any atom is 0.226 e. The second-order valence-corrected chi connectivity index (χ2v) is 6.58. The molecule has 2 N–H and O–H groups in total. The van der Waals surface area contributed by atoms with Crippen LogP contribution in [0.5, 0.6) is 0 Å². The largest absolute Gasteiger partial charge is 0.356 e. The lowest BCUT2D eigenvalue weighted by Crippen LogP contribution is -2.40. The molecule has 0 aliphatic heterocycles. The third kappa shape index (κ3) is 3.25. The Bertz CT molecular complexity index is 598. The topological polar surface area (TPSA) is 69.7 Å². The molecule has 2 rings (SSSR count). The van der Waals surface area contributed by atoms with Gasteiger partial charge in [0.25, 0.3) is 0 Å². The Hall–Kier alpha value is -1.85. The van der Waals surface area contributed by atoms with Gasteiger partial charge in [-0.3, -0.25) is 5.10 Å². The molecule has 0 radical (unpaired) electrons. The fourth-order valence-corrected chi connectivity index (χ4v) is 2.17. The first kappa shape index (κ1) is 15.5. The fraction of sp³-hybridized carbons (Fsp3) is 0.667. The molecular formula is C15H26N6. The zero-order chi connectivity index (χ0) is 15.6. The molecule has 0 aromatic carbocycles. The summed E-state index contributed by atoms with van der Waals surface area (Å²) < 4.78 is 0. The second-order valence-electron chi connectivity index (χ2n) is 6.58. The van der Waals surface area contributed by atoms with Crippen molar-refractivity contribution >= 4 is 22.8 Å². The van der Waals surface area contributed by atoms with Gasteiger partial charge in [-0.05, 0) is 18.8 Å². The molecule has 6 nitrogen and oxygen atoms in total. The Morgan fingerprint density at radius 3 is 2.67 bits per heavy atom. The van der Waals surface area contributed by atoms with Crippen LogP contribution in [0.2, 0.25) is 0 Å². The van der Waals surface area contributed by atoms with Crippen LogP contribution in [0.3, 0.4) is 0 Å². The maximum absolute atomic E-state index is 4.69. The highest BCUT2D eigenvalue weighted by molar-refractivity contribution is 5.87. The van der Waals surface area contributed by atoms with Crippen LogP contribution in [0, 0.1) is 5.41 Å². The van der Waals surface area contributed by atoms with E-state index in [0.29, 0.717) is 12.0 Å². The number of nitrogens with one attached hydrogen (secondary N) is 2. The molecule has 116 valence electrons. The van der Waals surface area contributed by atoms with Crippen molar-refractivity contribution in [2.45, 2.75) is 47.1 Å². The van der Waals surface area contributed by atoms with Crippen LogP contribution in [-0.2, 0) is 0 Å². The first-order valence-corrected chi connectivity index (χ1v) is 7.52. The van der Waals surface area contributed by atoms with E-state index >= 15 is 0 Å². The van der Waals surface area contributed by atoms with Crippen molar-refractivity contribution in [1.82, 2.24) is 20.2 Å². The van der Waals surface area contributed by atoms with E-state index in [1.165, 1.54) is 0 Å². The van der Waals surface area contributed by atoms with E-state index in [1.807, 2.05) is 0 Å². The van der Waals surface area contributed by atoms with E-state index in [9.17, 15) is 0 Å². The third-order valence-corrected chi connectivity index (χ3v) is 3.99. The van der Waals surface area contributed by atoms with Crippen molar-refractivity contribution in [3.05, 3.63) is 6.20 Å². The molecule has 0 bridgehead atoms. The summed E-state index contributed by atoms with van der Waals surface area (Å²) in [6, 6.07) is 0.338. The standard InChI is InChI=1S/C15H26N6/c1-7-8-16-14-18-12-11(9-17-20-12)13(19-14)21(6)10(2)15(3,4)5/h9-10H,7-8H2,1-6H3,(H2,16,17,18,19,20). The third-order valence-electron chi connectivity index (χ3n) is 3.99. The van der Waals surface area contributed by atoms with Gasteiger partial charge in [-0.25, -0.2) is 0 Å². The van der Waals surface area contributed by atoms with Gasteiger partial charge in [0.05, 0.1) is 11.6 Å². The molecule has 1 unspecified atom stereocenters. The molecule has 21 heavy (non-hydrogen) atoms. The number of hydrogen-bond donors (Lipinski definition) is 2. The quantitative estimate of drug-likeness (QED) is 0.885. The number of fused-ring (bicyclic) bond motifs is 1. The van der Waals surface area contributed by atoms with Gasteiger partial charge in [-0.1, -0.05) is 27.7 Å². The monoisotopic (exact) mass is 290 g/mol. The zero-order valence-electron chi connectivity index (χ0n) is 13.9. The van der Waals surface area contributed by atoms with E-state index < -0.39 is 0 Å². The first-order chi connectivity index (χ1) is 9.84. The number of aromatic nitrogens is 4. The van der Waals surface area contributed by atoms with Gasteiger partial charge in [-0.2, -0.15) is 15.1 Å². The molecule has 2 heterocycles.